The smallest absolute Gasteiger partial charge is 0.348 e. The van der Waals surface area contributed by atoms with Gasteiger partial charge in [0, 0.05) is 0 Å². The molecule has 0 saturated carbocycles. The zero-order valence-electron chi connectivity index (χ0n) is 13.5. The second-order valence-corrected chi connectivity index (χ2v) is 6.17. The van der Waals surface area contributed by atoms with Crippen molar-refractivity contribution in [3.8, 4) is 0 Å². The minimum atomic E-state index is -0.933. The Labute approximate surface area is 137 Å². The number of hydrogen-bond acceptors (Lipinski definition) is 7. The molecular formula is C15H19N3O4S. The Kier molecular flexibility index (Phi) is 5.15. The minimum absolute atomic E-state index is 0.433. The summed E-state index contributed by atoms with van der Waals surface area (Å²) >= 11 is 1.22. The SMILES string of the molecule is CCCC(Nc1nc(C)nc2sc(C(=O)OC)c(C)c12)C(=O)O. The summed E-state index contributed by atoms with van der Waals surface area (Å²) in [6.45, 7) is 5.43. The summed E-state index contributed by atoms with van der Waals surface area (Å²) in [5, 5.41) is 13.0. The number of nitrogens with one attached hydrogen (secondary N) is 1. The fourth-order valence-corrected chi connectivity index (χ4v) is 3.49. The van der Waals surface area contributed by atoms with Gasteiger partial charge in [0.15, 0.2) is 0 Å². The van der Waals surface area contributed by atoms with E-state index in [1.807, 2.05) is 6.92 Å². The largest absolute Gasteiger partial charge is 0.480 e. The number of aryl methyl sites for hydroxylation is 2. The predicted octanol–water partition coefficient (Wildman–Crippen LogP) is 2.76. The van der Waals surface area contributed by atoms with E-state index in [9.17, 15) is 14.7 Å². The molecule has 2 rings (SSSR count). The van der Waals surface area contributed by atoms with Crippen LogP contribution in [0.5, 0.6) is 0 Å². The fourth-order valence-electron chi connectivity index (χ4n) is 2.35. The lowest BCUT2D eigenvalue weighted by atomic mass is 10.1. The zero-order valence-corrected chi connectivity index (χ0v) is 14.3. The monoisotopic (exact) mass is 337 g/mol. The normalized spacial score (nSPS) is 12.2. The minimum Gasteiger partial charge on any atom is -0.480 e. The van der Waals surface area contributed by atoms with Gasteiger partial charge in [-0.2, -0.15) is 0 Å². The number of carbonyl (C=O) groups is 2. The number of nitrogens with zero attached hydrogens (tertiary/aromatic N) is 2. The van der Waals surface area contributed by atoms with E-state index in [1.165, 1.54) is 18.4 Å². The molecule has 2 N–H and O–H groups in total. The van der Waals surface area contributed by atoms with Gasteiger partial charge in [-0.1, -0.05) is 13.3 Å². The van der Waals surface area contributed by atoms with Gasteiger partial charge in [-0.3, -0.25) is 0 Å². The molecule has 7 nitrogen and oxygen atoms in total. The first-order valence-corrected chi connectivity index (χ1v) is 8.06. The first-order chi connectivity index (χ1) is 10.9. The van der Waals surface area contributed by atoms with Gasteiger partial charge in [-0.15, -0.1) is 11.3 Å². The van der Waals surface area contributed by atoms with Crippen molar-refractivity contribution in [2.75, 3.05) is 12.4 Å². The van der Waals surface area contributed by atoms with Gasteiger partial charge >= 0.3 is 11.9 Å². The number of methoxy groups -OCH3 is 1. The maximum Gasteiger partial charge on any atom is 0.348 e. The molecule has 124 valence electrons. The summed E-state index contributed by atoms with van der Waals surface area (Å²) in [7, 11) is 1.32. The molecule has 1 atom stereocenters. The fraction of sp³-hybridized carbons (Fsp3) is 0.467. The number of esters is 1. The molecule has 0 amide bonds. The topological polar surface area (TPSA) is 101 Å². The average Bonchev–Trinajstić information content (AvgIpc) is 2.82. The summed E-state index contributed by atoms with van der Waals surface area (Å²) in [4.78, 5) is 33.0. The highest BCUT2D eigenvalue weighted by Crippen LogP contribution is 2.34. The summed E-state index contributed by atoms with van der Waals surface area (Å²) < 4.78 is 4.78. The van der Waals surface area contributed by atoms with Crippen LogP contribution in [0.15, 0.2) is 0 Å². The third-order valence-corrected chi connectivity index (χ3v) is 4.62. The summed E-state index contributed by atoms with van der Waals surface area (Å²) in [6.07, 6.45) is 1.21. The molecule has 0 aliphatic carbocycles. The highest BCUT2D eigenvalue weighted by molar-refractivity contribution is 7.20. The van der Waals surface area contributed by atoms with Gasteiger partial charge in [0.05, 0.1) is 12.5 Å². The van der Waals surface area contributed by atoms with Crippen LogP contribution in [0.25, 0.3) is 10.2 Å². The molecule has 0 fully saturated rings. The van der Waals surface area contributed by atoms with Crippen LogP contribution in [0.2, 0.25) is 0 Å². The lowest BCUT2D eigenvalue weighted by Crippen LogP contribution is -2.29. The molecule has 0 aromatic carbocycles. The summed E-state index contributed by atoms with van der Waals surface area (Å²) in [6, 6.07) is -0.738. The number of fused-ring (bicyclic) bond motifs is 1. The van der Waals surface area contributed by atoms with Crippen LogP contribution in [0.1, 0.15) is 40.8 Å². The van der Waals surface area contributed by atoms with Crippen molar-refractivity contribution in [2.24, 2.45) is 0 Å². The number of aromatic nitrogens is 2. The summed E-state index contributed by atoms with van der Waals surface area (Å²) in [5.74, 6) is -0.412. The molecular weight excluding hydrogens is 318 g/mol. The van der Waals surface area contributed by atoms with Crippen LogP contribution in [-0.2, 0) is 9.53 Å². The van der Waals surface area contributed by atoms with Crippen molar-refractivity contribution < 1.29 is 19.4 Å². The third kappa shape index (κ3) is 3.42. The quantitative estimate of drug-likeness (QED) is 0.781. The first-order valence-electron chi connectivity index (χ1n) is 7.24. The molecule has 0 bridgehead atoms. The second kappa shape index (κ2) is 6.91. The third-order valence-electron chi connectivity index (χ3n) is 3.46. The van der Waals surface area contributed by atoms with Crippen LogP contribution < -0.4 is 5.32 Å². The number of anilines is 1. The number of rotatable bonds is 6. The second-order valence-electron chi connectivity index (χ2n) is 5.17. The number of carbonyl (C=O) groups excluding carboxylic acids is 1. The number of hydrogen-bond donors (Lipinski definition) is 2. The number of aliphatic carboxylic acids is 1. The average molecular weight is 337 g/mol. The van der Waals surface area contributed by atoms with Gasteiger partial charge in [-0.05, 0) is 25.8 Å². The molecule has 1 unspecified atom stereocenters. The molecule has 0 radical (unpaired) electrons. The Balaban J connectivity index is 2.56. The molecule has 0 spiro atoms. The van der Waals surface area contributed by atoms with Crippen molar-refractivity contribution in [1.29, 1.82) is 0 Å². The molecule has 23 heavy (non-hydrogen) atoms. The highest BCUT2D eigenvalue weighted by atomic mass is 32.1. The van der Waals surface area contributed by atoms with E-state index in [1.54, 1.807) is 13.8 Å². The standard InChI is InChI=1S/C15H19N3O4S/c1-5-6-9(14(19)20)18-12-10-7(2)11(15(21)22-4)23-13(10)17-8(3)16-12/h9H,5-6H2,1-4H3,(H,19,20)(H,16,17,18). The molecule has 0 aliphatic rings. The van der Waals surface area contributed by atoms with E-state index in [4.69, 9.17) is 4.74 Å². The van der Waals surface area contributed by atoms with E-state index < -0.39 is 18.0 Å². The molecule has 2 heterocycles. The van der Waals surface area contributed by atoms with Crippen LogP contribution in [0.3, 0.4) is 0 Å². The lowest BCUT2D eigenvalue weighted by Gasteiger charge is -2.15. The van der Waals surface area contributed by atoms with Crippen molar-refractivity contribution in [2.45, 2.75) is 39.7 Å². The van der Waals surface area contributed by atoms with E-state index in [2.05, 4.69) is 15.3 Å². The maximum atomic E-state index is 11.9. The van der Waals surface area contributed by atoms with Gasteiger partial charge in [-0.25, -0.2) is 19.6 Å². The Morgan fingerprint density at radius 2 is 2.04 bits per heavy atom. The number of thiophene rings is 1. The molecule has 0 aliphatic heterocycles. The lowest BCUT2D eigenvalue weighted by molar-refractivity contribution is -0.138. The van der Waals surface area contributed by atoms with Crippen molar-refractivity contribution >= 4 is 39.3 Å². The van der Waals surface area contributed by atoms with E-state index >= 15 is 0 Å². The number of carboxylic acid groups (broad SMARTS) is 1. The van der Waals surface area contributed by atoms with Crippen LogP contribution in [-0.4, -0.2) is 40.2 Å². The van der Waals surface area contributed by atoms with E-state index in [-0.39, 0.29) is 0 Å². The first kappa shape index (κ1) is 17.1. The van der Waals surface area contributed by atoms with E-state index in [0.717, 1.165) is 6.42 Å². The van der Waals surface area contributed by atoms with Gasteiger partial charge in [0.1, 0.15) is 27.4 Å². The maximum absolute atomic E-state index is 11.9. The van der Waals surface area contributed by atoms with Crippen molar-refractivity contribution in [3.05, 3.63) is 16.3 Å². The Hall–Kier alpha value is -2.22. The van der Waals surface area contributed by atoms with Gasteiger partial charge in [0.2, 0.25) is 0 Å². The molecule has 8 heteroatoms. The van der Waals surface area contributed by atoms with Crippen LogP contribution in [0.4, 0.5) is 5.82 Å². The zero-order chi connectivity index (χ0) is 17.1. The van der Waals surface area contributed by atoms with E-state index in [0.29, 0.717) is 38.7 Å². The van der Waals surface area contributed by atoms with Crippen molar-refractivity contribution in [3.63, 3.8) is 0 Å². The summed E-state index contributed by atoms with van der Waals surface area (Å²) in [5.41, 5.74) is 0.694. The Morgan fingerprint density at radius 1 is 1.35 bits per heavy atom. The van der Waals surface area contributed by atoms with Gasteiger partial charge in [0.25, 0.3) is 0 Å². The molecule has 2 aromatic rings. The Morgan fingerprint density at radius 3 is 2.61 bits per heavy atom. The number of ether oxygens (including phenoxy) is 1. The number of carboxylic acids is 1. The van der Waals surface area contributed by atoms with Crippen LogP contribution in [0, 0.1) is 13.8 Å². The molecule has 0 saturated heterocycles. The Bertz CT molecular complexity index is 757. The van der Waals surface area contributed by atoms with Gasteiger partial charge < -0.3 is 15.2 Å². The van der Waals surface area contributed by atoms with Crippen LogP contribution >= 0.6 is 11.3 Å². The predicted molar refractivity (Wildman–Crippen MR) is 88.2 cm³/mol. The van der Waals surface area contributed by atoms with Crippen molar-refractivity contribution in [1.82, 2.24) is 9.97 Å². The highest BCUT2D eigenvalue weighted by Gasteiger charge is 2.23. The molecule has 2 aromatic heterocycles.